The van der Waals surface area contributed by atoms with E-state index in [-0.39, 0.29) is 37.8 Å². The highest BCUT2D eigenvalue weighted by molar-refractivity contribution is 5.90. The Labute approximate surface area is 288 Å². The lowest BCUT2D eigenvalue weighted by Gasteiger charge is -2.12. The van der Waals surface area contributed by atoms with Gasteiger partial charge in [0.05, 0.1) is 0 Å². The first-order valence-electron chi connectivity index (χ1n) is 19.0. The van der Waals surface area contributed by atoms with Gasteiger partial charge in [-0.2, -0.15) is 0 Å². The molecule has 270 valence electrons. The molecular formula is C41H70O6. The van der Waals surface area contributed by atoms with Crippen LogP contribution in [-0.4, -0.2) is 42.1 Å². The molecule has 47 heavy (non-hydrogen) atoms. The fourth-order valence-electron chi connectivity index (χ4n) is 5.05. The minimum Gasteiger partial charge on any atom is -0.463 e. The molecule has 0 bridgehead atoms. The van der Waals surface area contributed by atoms with E-state index in [2.05, 4.69) is 45.1 Å². The van der Waals surface area contributed by atoms with Gasteiger partial charge in [-0.3, -0.25) is 14.4 Å². The zero-order valence-electron chi connectivity index (χ0n) is 30.4. The highest BCUT2D eigenvalue weighted by atomic mass is 16.6. The molecule has 0 fully saturated rings. The van der Waals surface area contributed by atoms with Crippen molar-refractivity contribution >= 4 is 17.7 Å². The summed E-state index contributed by atoms with van der Waals surface area (Å²) in [6, 6.07) is 0. The number of aliphatic hydroxyl groups excluding tert-OH is 1. The third kappa shape index (κ3) is 36.2. The lowest BCUT2D eigenvalue weighted by Crippen LogP contribution is -2.25. The van der Waals surface area contributed by atoms with Crippen LogP contribution >= 0.6 is 0 Å². The van der Waals surface area contributed by atoms with Gasteiger partial charge < -0.3 is 14.6 Å². The Balaban J connectivity index is 3.64. The van der Waals surface area contributed by atoms with Crippen LogP contribution in [0.3, 0.4) is 0 Å². The van der Waals surface area contributed by atoms with Crippen molar-refractivity contribution in [2.45, 2.75) is 175 Å². The number of carbonyl (C=O) groups excluding carboxylic acids is 3. The largest absolute Gasteiger partial charge is 0.463 e. The van der Waals surface area contributed by atoms with E-state index in [0.717, 1.165) is 44.4 Å². The second-order valence-electron chi connectivity index (χ2n) is 13.2. The lowest BCUT2D eigenvalue weighted by atomic mass is 10.0. The molecule has 0 spiro atoms. The SMILES string of the molecule is CCCCC/C=C\C/C=C\C/C=C\C=C\C(=O)CCCC(=O)OC[C@H](O)COC(=O)CCCCCCCCCCCCCCC(C)C. The van der Waals surface area contributed by atoms with E-state index in [1.165, 1.54) is 89.5 Å². The first-order chi connectivity index (χ1) is 22.8. The smallest absolute Gasteiger partial charge is 0.305 e. The van der Waals surface area contributed by atoms with Crippen molar-refractivity contribution in [3.05, 3.63) is 48.6 Å². The van der Waals surface area contributed by atoms with Crippen molar-refractivity contribution < 1.29 is 29.0 Å². The van der Waals surface area contributed by atoms with Gasteiger partial charge >= 0.3 is 11.9 Å². The summed E-state index contributed by atoms with van der Waals surface area (Å²) in [6.07, 6.45) is 38.8. The molecule has 0 aromatic heterocycles. The van der Waals surface area contributed by atoms with Crippen LogP contribution in [0, 0.1) is 5.92 Å². The van der Waals surface area contributed by atoms with Crippen LogP contribution in [0.1, 0.15) is 168 Å². The maximum absolute atomic E-state index is 12.0. The van der Waals surface area contributed by atoms with Gasteiger partial charge in [0.2, 0.25) is 0 Å². The van der Waals surface area contributed by atoms with Gasteiger partial charge in [0.1, 0.15) is 19.3 Å². The monoisotopic (exact) mass is 659 g/mol. The van der Waals surface area contributed by atoms with Gasteiger partial charge in [0.25, 0.3) is 0 Å². The van der Waals surface area contributed by atoms with Gasteiger partial charge in [0.15, 0.2) is 5.78 Å². The molecule has 1 N–H and O–H groups in total. The van der Waals surface area contributed by atoms with E-state index in [1.54, 1.807) is 6.08 Å². The van der Waals surface area contributed by atoms with Crippen LogP contribution in [-0.2, 0) is 23.9 Å². The highest BCUT2D eigenvalue weighted by Gasteiger charge is 2.12. The molecule has 6 nitrogen and oxygen atoms in total. The first kappa shape index (κ1) is 44.5. The Kier molecular flexibility index (Phi) is 33.0. The number of esters is 2. The molecule has 0 amide bonds. The van der Waals surface area contributed by atoms with Crippen molar-refractivity contribution in [3.63, 3.8) is 0 Å². The number of allylic oxidation sites excluding steroid dienone is 8. The van der Waals surface area contributed by atoms with E-state index in [1.807, 2.05) is 12.2 Å². The number of aliphatic hydroxyl groups is 1. The third-order valence-electron chi connectivity index (χ3n) is 7.97. The number of ether oxygens (including phenoxy) is 2. The molecule has 0 radical (unpaired) electrons. The van der Waals surface area contributed by atoms with Gasteiger partial charge in [-0.1, -0.05) is 153 Å². The molecule has 0 saturated carbocycles. The van der Waals surface area contributed by atoms with Gasteiger partial charge in [0, 0.05) is 19.3 Å². The molecule has 1 atom stereocenters. The second-order valence-corrected chi connectivity index (χ2v) is 13.2. The lowest BCUT2D eigenvalue weighted by molar-refractivity contribution is -0.152. The molecule has 0 aromatic carbocycles. The summed E-state index contributed by atoms with van der Waals surface area (Å²) in [5, 5.41) is 9.98. The second kappa shape index (κ2) is 34.9. The molecule has 0 aliphatic rings. The number of ketones is 1. The molecule has 0 aliphatic heterocycles. The Morgan fingerprint density at radius 1 is 0.574 bits per heavy atom. The predicted molar refractivity (Wildman–Crippen MR) is 196 cm³/mol. The molecule has 0 heterocycles. The third-order valence-corrected chi connectivity index (χ3v) is 7.97. The standard InChI is InChI=1S/C41H70O6/c1-4-5-6-7-8-9-10-11-15-18-21-24-27-31-38(42)32-29-34-41(45)47-36-39(43)35-46-40(44)33-28-25-22-19-16-13-12-14-17-20-23-26-30-37(2)3/h8-9,11,15,21,24,27,31,37,39,43H,4-7,10,12-14,16-20,22-23,25-26,28-30,32-36H2,1-3H3/b9-8-,15-11-,24-21-,31-27+/t39-/m1/s1. The fourth-order valence-corrected chi connectivity index (χ4v) is 5.05. The van der Waals surface area contributed by atoms with E-state index in [0.29, 0.717) is 12.8 Å². The van der Waals surface area contributed by atoms with Crippen molar-refractivity contribution in [1.82, 2.24) is 0 Å². The molecular weight excluding hydrogens is 588 g/mol. The summed E-state index contributed by atoms with van der Waals surface area (Å²) in [4.78, 5) is 35.9. The highest BCUT2D eigenvalue weighted by Crippen LogP contribution is 2.14. The average Bonchev–Trinajstić information content (AvgIpc) is 3.04. The van der Waals surface area contributed by atoms with Crippen LogP contribution in [0.2, 0.25) is 0 Å². The van der Waals surface area contributed by atoms with Crippen LogP contribution < -0.4 is 0 Å². The fraction of sp³-hybridized carbons (Fsp3) is 0.732. The van der Waals surface area contributed by atoms with Gasteiger partial charge in [-0.05, 0) is 50.5 Å². The number of hydrogen-bond donors (Lipinski definition) is 1. The Morgan fingerprint density at radius 3 is 1.66 bits per heavy atom. The summed E-state index contributed by atoms with van der Waals surface area (Å²) >= 11 is 0. The molecule has 6 heteroatoms. The number of hydrogen-bond acceptors (Lipinski definition) is 6. The maximum atomic E-state index is 12.0. The van der Waals surface area contributed by atoms with Crippen molar-refractivity contribution in [2.24, 2.45) is 5.92 Å². The molecule has 0 aromatic rings. The summed E-state index contributed by atoms with van der Waals surface area (Å²) in [5.41, 5.74) is 0. The van der Waals surface area contributed by atoms with E-state index in [4.69, 9.17) is 9.47 Å². The zero-order valence-corrected chi connectivity index (χ0v) is 30.4. The average molecular weight is 659 g/mol. The minimum absolute atomic E-state index is 0.0493. The van der Waals surface area contributed by atoms with Crippen LogP contribution in [0.4, 0.5) is 0 Å². The molecule has 0 aliphatic carbocycles. The Hall–Kier alpha value is -2.47. The van der Waals surface area contributed by atoms with Crippen LogP contribution in [0.25, 0.3) is 0 Å². The number of unbranched alkanes of at least 4 members (excludes halogenated alkanes) is 14. The van der Waals surface area contributed by atoms with E-state index in [9.17, 15) is 19.5 Å². The van der Waals surface area contributed by atoms with Gasteiger partial charge in [-0.15, -0.1) is 0 Å². The normalized spacial score (nSPS) is 12.7. The summed E-state index contributed by atoms with van der Waals surface area (Å²) in [7, 11) is 0. The molecule has 0 saturated heterocycles. The van der Waals surface area contributed by atoms with E-state index < -0.39 is 12.1 Å². The van der Waals surface area contributed by atoms with Crippen LogP contribution in [0.15, 0.2) is 48.6 Å². The number of rotatable bonds is 33. The maximum Gasteiger partial charge on any atom is 0.305 e. The minimum atomic E-state index is -1.05. The topological polar surface area (TPSA) is 89.9 Å². The van der Waals surface area contributed by atoms with E-state index >= 15 is 0 Å². The summed E-state index contributed by atoms with van der Waals surface area (Å²) in [5.74, 6) is -0.0301. The van der Waals surface area contributed by atoms with Crippen molar-refractivity contribution in [1.29, 1.82) is 0 Å². The molecule has 0 unspecified atom stereocenters. The molecule has 0 rings (SSSR count). The quantitative estimate of drug-likeness (QED) is 0.0248. The van der Waals surface area contributed by atoms with Crippen molar-refractivity contribution in [3.8, 4) is 0 Å². The summed E-state index contributed by atoms with van der Waals surface area (Å²) in [6.45, 7) is 6.39. The Morgan fingerprint density at radius 2 is 1.09 bits per heavy atom. The zero-order chi connectivity index (χ0) is 34.6. The van der Waals surface area contributed by atoms with Gasteiger partial charge in [-0.25, -0.2) is 0 Å². The first-order valence-corrected chi connectivity index (χ1v) is 19.0. The van der Waals surface area contributed by atoms with Crippen molar-refractivity contribution in [2.75, 3.05) is 13.2 Å². The predicted octanol–water partition coefficient (Wildman–Crippen LogP) is 10.9. The van der Waals surface area contributed by atoms with Crippen LogP contribution in [0.5, 0.6) is 0 Å². The number of carbonyl (C=O) groups is 3. The Bertz CT molecular complexity index is 869. The summed E-state index contributed by atoms with van der Waals surface area (Å²) < 4.78 is 10.2.